The van der Waals surface area contributed by atoms with Crippen molar-refractivity contribution in [3.63, 3.8) is 0 Å². The summed E-state index contributed by atoms with van der Waals surface area (Å²) in [4.78, 5) is 5.07. The van der Waals surface area contributed by atoms with Crippen molar-refractivity contribution in [3.05, 3.63) is 204 Å². The molecule has 0 fully saturated rings. The fourth-order valence-electron chi connectivity index (χ4n) is 14.0. The van der Waals surface area contributed by atoms with Crippen molar-refractivity contribution in [1.29, 1.82) is 0 Å². The highest BCUT2D eigenvalue weighted by Gasteiger charge is 2.47. The number of rotatable bonds is 5. The van der Waals surface area contributed by atoms with Crippen LogP contribution in [0.3, 0.4) is 0 Å². The molecule has 6 heteroatoms. The minimum atomic E-state index is -0.282. The zero-order chi connectivity index (χ0) is 54.2. The van der Waals surface area contributed by atoms with Gasteiger partial charge in [0.25, 0.3) is 0 Å². The Labute approximate surface area is 464 Å². The van der Waals surface area contributed by atoms with Gasteiger partial charge in [0.15, 0.2) is 11.3 Å². The van der Waals surface area contributed by atoms with Gasteiger partial charge in [-0.05, 0) is 164 Å². The fourth-order valence-corrected chi connectivity index (χ4v) is 14.0. The normalized spacial score (nSPS) is 15.3. The number of para-hydroxylation sites is 2. The third-order valence-corrected chi connectivity index (χ3v) is 18.5. The molecule has 0 saturated heterocycles. The molecule has 9 aromatic carbocycles. The van der Waals surface area contributed by atoms with Crippen LogP contribution in [0.5, 0.6) is 0 Å². The number of aromatic nitrogens is 1. The lowest BCUT2D eigenvalue weighted by atomic mass is 9.45. The van der Waals surface area contributed by atoms with Gasteiger partial charge in [-0.1, -0.05) is 178 Å². The second-order valence-electron chi connectivity index (χ2n) is 26.5. The average molecular weight is 1030 g/mol. The van der Waals surface area contributed by atoms with E-state index in [1.807, 2.05) is 0 Å². The van der Waals surface area contributed by atoms with Gasteiger partial charge >= 0.3 is 6.85 Å². The van der Waals surface area contributed by atoms with Crippen molar-refractivity contribution in [2.75, 3.05) is 9.80 Å². The molecule has 0 N–H and O–H groups in total. The second kappa shape index (κ2) is 16.4. The van der Waals surface area contributed by atoms with Crippen molar-refractivity contribution in [2.24, 2.45) is 0 Å². The van der Waals surface area contributed by atoms with E-state index in [1.54, 1.807) is 0 Å². The summed E-state index contributed by atoms with van der Waals surface area (Å²) in [6, 6.07) is 66.3. The third kappa shape index (κ3) is 7.02. The van der Waals surface area contributed by atoms with E-state index in [0.29, 0.717) is 0 Å². The van der Waals surface area contributed by atoms with Crippen LogP contribution in [-0.2, 0) is 21.7 Å². The van der Waals surface area contributed by atoms with Gasteiger partial charge in [0.1, 0.15) is 11.2 Å². The number of furan rings is 2. The Balaban J connectivity index is 1.11. The Hall–Kier alpha value is -8.22. The third-order valence-electron chi connectivity index (χ3n) is 18.5. The van der Waals surface area contributed by atoms with Crippen molar-refractivity contribution in [3.8, 4) is 22.3 Å². The highest BCUT2D eigenvalue weighted by atomic mass is 16.3. The van der Waals surface area contributed by atoms with E-state index in [-0.39, 0.29) is 28.5 Å². The van der Waals surface area contributed by atoms with Crippen molar-refractivity contribution < 1.29 is 8.83 Å². The lowest BCUT2D eigenvalue weighted by molar-refractivity contribution is 0.332. The summed E-state index contributed by atoms with van der Waals surface area (Å²) in [6.07, 6.45) is 2.27. The predicted octanol–water partition coefficient (Wildman–Crippen LogP) is 19.2. The largest absolute Gasteiger partial charge is 0.454 e. The first-order chi connectivity index (χ1) is 37.8. The first kappa shape index (κ1) is 48.0. The van der Waals surface area contributed by atoms with E-state index in [4.69, 9.17) is 8.83 Å². The molecule has 0 radical (unpaired) electrons. The zero-order valence-electron chi connectivity index (χ0n) is 47.4. The molecule has 3 aromatic heterocycles. The molecule has 79 heavy (non-hydrogen) atoms. The molecule has 1 aliphatic carbocycles. The molecule has 5 nitrogen and oxygen atoms in total. The standard InChI is InChI=1S/C73H66BN3O2/c1-43-37-57-58(73(10,11)36-35-72(57,8)9)42-61(43)76-60-34-25-45(44-19-13-12-14-20-44)38-59(60)74-65-53(41-55-51-21-15-17-23-62(51)78-68(55)67(65)76)54-39-50(40-56-64-52-22-16-18-24-63(52)79-69(64)77(74)66(54)56)75(48-30-26-46(27-31-48)70(2,3)4)49-32-28-47(29-33-49)71(5,6)7/h12-34,37-42H,35-36H2,1-11H3. The summed E-state index contributed by atoms with van der Waals surface area (Å²) in [5, 5.41) is 5.61. The maximum atomic E-state index is 7.35. The molecule has 388 valence electrons. The Morgan fingerprint density at radius 3 is 1.75 bits per heavy atom. The fraction of sp³-hybridized carbons (Fsp3) is 0.233. The number of anilines is 6. The monoisotopic (exact) mass is 1030 g/mol. The van der Waals surface area contributed by atoms with Crippen molar-refractivity contribution in [1.82, 2.24) is 4.48 Å². The van der Waals surface area contributed by atoms with Crippen LogP contribution in [0.1, 0.15) is 110 Å². The number of benzene rings is 9. The zero-order valence-corrected chi connectivity index (χ0v) is 47.4. The lowest BCUT2D eigenvalue weighted by Gasteiger charge is -2.44. The Kier molecular flexibility index (Phi) is 9.97. The van der Waals surface area contributed by atoms with Crippen LogP contribution in [-0.4, -0.2) is 11.3 Å². The van der Waals surface area contributed by atoms with E-state index in [0.717, 1.165) is 96.2 Å². The van der Waals surface area contributed by atoms with E-state index >= 15 is 0 Å². The molecule has 0 bridgehead atoms. The number of hydrogen-bond acceptors (Lipinski definition) is 4. The topological polar surface area (TPSA) is 37.7 Å². The van der Waals surface area contributed by atoms with Crippen LogP contribution in [0.25, 0.3) is 77.2 Å². The smallest absolute Gasteiger partial charge is 0.336 e. The van der Waals surface area contributed by atoms with Gasteiger partial charge in [-0.15, -0.1) is 0 Å². The maximum absolute atomic E-state index is 7.35. The molecular weight excluding hydrogens is 962 g/mol. The first-order valence-electron chi connectivity index (χ1n) is 28.5. The minimum Gasteiger partial charge on any atom is -0.454 e. The molecular formula is C73H66BN3O2. The van der Waals surface area contributed by atoms with Crippen molar-refractivity contribution >= 4 is 107 Å². The number of aryl methyl sites for hydroxylation is 1. The van der Waals surface area contributed by atoms with E-state index in [1.165, 1.54) is 66.6 Å². The molecule has 5 heterocycles. The molecule has 12 aromatic rings. The summed E-state index contributed by atoms with van der Waals surface area (Å²) < 4.78 is 17.3. The molecule has 2 aliphatic heterocycles. The van der Waals surface area contributed by atoms with Crippen LogP contribution < -0.4 is 20.7 Å². The van der Waals surface area contributed by atoms with Crippen LogP contribution in [0.15, 0.2) is 185 Å². The highest BCUT2D eigenvalue weighted by molar-refractivity contribution is 6.90. The summed E-state index contributed by atoms with van der Waals surface area (Å²) in [7, 11) is 0. The summed E-state index contributed by atoms with van der Waals surface area (Å²) in [5.74, 6) is 0. The Morgan fingerprint density at radius 1 is 0.506 bits per heavy atom. The van der Waals surface area contributed by atoms with E-state index in [9.17, 15) is 0 Å². The maximum Gasteiger partial charge on any atom is 0.336 e. The van der Waals surface area contributed by atoms with Gasteiger partial charge in [-0.25, -0.2) is 0 Å². The molecule has 0 saturated carbocycles. The quantitative estimate of drug-likeness (QED) is 0.161. The minimum absolute atomic E-state index is 0.00197. The summed E-state index contributed by atoms with van der Waals surface area (Å²) in [6.45, 7) is 25.5. The van der Waals surface area contributed by atoms with Gasteiger partial charge < -0.3 is 23.1 Å². The predicted molar refractivity (Wildman–Crippen MR) is 335 cm³/mol. The molecule has 0 spiro atoms. The van der Waals surface area contributed by atoms with Crippen LogP contribution in [0, 0.1) is 6.92 Å². The summed E-state index contributed by atoms with van der Waals surface area (Å²) >= 11 is 0. The van der Waals surface area contributed by atoms with Crippen molar-refractivity contribution in [2.45, 2.75) is 111 Å². The molecule has 0 unspecified atom stereocenters. The number of nitrogens with zero attached hydrogens (tertiary/aromatic N) is 3. The molecule has 15 rings (SSSR count). The van der Waals surface area contributed by atoms with Gasteiger partial charge in [-0.2, -0.15) is 0 Å². The van der Waals surface area contributed by atoms with Crippen LogP contribution >= 0.6 is 0 Å². The van der Waals surface area contributed by atoms with Crippen LogP contribution in [0.4, 0.5) is 34.1 Å². The average Bonchev–Trinajstić information content (AvgIpc) is 3.42. The first-order valence-corrected chi connectivity index (χ1v) is 28.5. The Bertz CT molecular complexity index is 4460. The van der Waals surface area contributed by atoms with Crippen LogP contribution in [0.2, 0.25) is 0 Å². The molecule has 0 atom stereocenters. The lowest BCUT2D eigenvalue weighted by Crippen LogP contribution is -2.56. The second-order valence-corrected chi connectivity index (χ2v) is 26.5. The Morgan fingerprint density at radius 2 is 1.10 bits per heavy atom. The SMILES string of the molecule is Cc1cc2c(cc1N1c3ccc(-c4ccccc4)cc3B3c4c(cc5c(oc6ccccc65)c41)-c1cc(N(c4ccc(C(C)(C)C)cc4)c4ccc(C(C)(C)C)cc4)cc4c5c6ccccc6oc5n3c14)C(C)(C)CCC2(C)C. The van der Waals surface area contributed by atoms with Gasteiger partial charge in [0.2, 0.25) is 0 Å². The van der Waals surface area contributed by atoms with E-state index < -0.39 is 0 Å². The molecule has 3 aliphatic rings. The number of fused-ring (bicyclic) bond motifs is 14. The highest BCUT2D eigenvalue weighted by Crippen LogP contribution is 2.55. The van der Waals surface area contributed by atoms with E-state index in [2.05, 4.69) is 266 Å². The molecule has 0 amide bonds. The van der Waals surface area contributed by atoms with Gasteiger partial charge in [-0.3, -0.25) is 0 Å². The van der Waals surface area contributed by atoms with Gasteiger partial charge in [0.05, 0.1) is 11.1 Å². The van der Waals surface area contributed by atoms with Gasteiger partial charge in [0, 0.05) is 61.1 Å². The summed E-state index contributed by atoms with van der Waals surface area (Å²) in [5.41, 5.74) is 25.3. The number of hydrogen-bond donors (Lipinski definition) is 0.